The van der Waals surface area contributed by atoms with Gasteiger partial charge in [-0.1, -0.05) is 67.9 Å². The number of hydrogen-bond donors (Lipinski definition) is 1. The largest absolute Gasteiger partial charge is 0.383 e. The fourth-order valence-electron chi connectivity index (χ4n) is 4.95. The second kappa shape index (κ2) is 10.1. The molecular formula is C26H36N2O2. The Morgan fingerprint density at radius 1 is 0.967 bits per heavy atom. The number of hydrogen-bond acceptors (Lipinski definition) is 4. The summed E-state index contributed by atoms with van der Waals surface area (Å²) in [6.07, 6.45) is 4.42. The first-order chi connectivity index (χ1) is 14.7. The lowest BCUT2D eigenvalue weighted by atomic mass is 9.79. The number of rotatable bonds is 7. The van der Waals surface area contributed by atoms with Crippen LogP contribution in [0, 0.1) is 0 Å². The molecule has 0 spiro atoms. The molecular weight excluding hydrogens is 372 g/mol. The number of nitrogens with zero attached hydrogens (tertiary/aromatic N) is 2. The Kier molecular flexibility index (Phi) is 7.21. The van der Waals surface area contributed by atoms with Gasteiger partial charge in [-0.25, -0.2) is 0 Å². The van der Waals surface area contributed by atoms with Gasteiger partial charge in [0.15, 0.2) is 0 Å². The van der Waals surface area contributed by atoms with Gasteiger partial charge in [-0.2, -0.15) is 0 Å². The van der Waals surface area contributed by atoms with Crippen molar-refractivity contribution in [2.75, 3.05) is 39.4 Å². The fraction of sp³-hybridized carbons (Fsp3) is 0.538. The maximum absolute atomic E-state index is 11.8. The third-order valence-electron chi connectivity index (χ3n) is 6.80. The molecule has 2 aliphatic rings. The SMILES string of the molecule is CCCCc1ccc(CN2CC[C@](O)(c3ccccc3)[C@H](N3CCOCC3)C2)cc1. The Morgan fingerprint density at radius 3 is 2.37 bits per heavy atom. The molecule has 0 bridgehead atoms. The van der Waals surface area contributed by atoms with Crippen molar-refractivity contribution in [1.29, 1.82) is 0 Å². The van der Waals surface area contributed by atoms with E-state index in [2.05, 4.69) is 53.1 Å². The highest BCUT2D eigenvalue weighted by atomic mass is 16.5. The van der Waals surface area contributed by atoms with Crippen LogP contribution in [0.3, 0.4) is 0 Å². The first-order valence-corrected chi connectivity index (χ1v) is 11.6. The van der Waals surface area contributed by atoms with Crippen molar-refractivity contribution in [2.45, 2.75) is 50.8 Å². The lowest BCUT2D eigenvalue weighted by Crippen LogP contribution is -2.62. The van der Waals surface area contributed by atoms with Crippen LogP contribution in [0.4, 0.5) is 0 Å². The molecule has 0 radical (unpaired) electrons. The summed E-state index contributed by atoms with van der Waals surface area (Å²) in [5.41, 5.74) is 3.03. The highest BCUT2D eigenvalue weighted by molar-refractivity contribution is 5.27. The quantitative estimate of drug-likeness (QED) is 0.756. The summed E-state index contributed by atoms with van der Waals surface area (Å²) in [5, 5.41) is 11.8. The van der Waals surface area contributed by atoms with Gasteiger partial charge in [-0.3, -0.25) is 9.80 Å². The summed E-state index contributed by atoms with van der Waals surface area (Å²) < 4.78 is 5.59. The molecule has 2 atom stereocenters. The van der Waals surface area contributed by atoms with Gasteiger partial charge in [0.2, 0.25) is 0 Å². The maximum atomic E-state index is 11.8. The highest BCUT2D eigenvalue weighted by Gasteiger charge is 2.45. The lowest BCUT2D eigenvalue weighted by molar-refractivity contribution is -0.119. The van der Waals surface area contributed by atoms with Crippen molar-refractivity contribution in [2.24, 2.45) is 0 Å². The molecule has 2 aromatic rings. The van der Waals surface area contributed by atoms with Gasteiger partial charge in [0.25, 0.3) is 0 Å². The summed E-state index contributed by atoms with van der Waals surface area (Å²) >= 11 is 0. The lowest BCUT2D eigenvalue weighted by Gasteiger charge is -2.50. The van der Waals surface area contributed by atoms with Crippen LogP contribution in [0.1, 0.15) is 42.9 Å². The summed E-state index contributed by atoms with van der Waals surface area (Å²) in [7, 11) is 0. The number of ether oxygens (including phenoxy) is 1. The zero-order chi connectivity index (χ0) is 20.8. The molecule has 4 nitrogen and oxygen atoms in total. The number of benzene rings is 2. The minimum atomic E-state index is -0.806. The monoisotopic (exact) mass is 408 g/mol. The third kappa shape index (κ3) is 4.94. The van der Waals surface area contributed by atoms with E-state index in [1.165, 1.54) is 30.4 Å². The van der Waals surface area contributed by atoms with Crippen LogP contribution in [0.2, 0.25) is 0 Å². The highest BCUT2D eigenvalue weighted by Crippen LogP contribution is 2.36. The number of aliphatic hydroxyl groups is 1. The second-order valence-electron chi connectivity index (χ2n) is 8.86. The van der Waals surface area contributed by atoms with Gasteiger partial charge in [0.05, 0.1) is 19.3 Å². The van der Waals surface area contributed by atoms with E-state index in [1.54, 1.807) is 0 Å². The molecule has 0 aliphatic carbocycles. The van der Waals surface area contributed by atoms with Gasteiger partial charge in [0.1, 0.15) is 5.60 Å². The van der Waals surface area contributed by atoms with Gasteiger partial charge >= 0.3 is 0 Å². The molecule has 0 saturated carbocycles. The van der Waals surface area contributed by atoms with Crippen molar-refractivity contribution >= 4 is 0 Å². The Balaban J connectivity index is 1.48. The standard InChI is InChI=1S/C26H36N2O2/c1-2-3-7-22-10-12-23(13-11-22)20-27-15-14-26(29,24-8-5-4-6-9-24)25(21-27)28-16-18-30-19-17-28/h4-6,8-13,25,29H,2-3,7,14-21H2,1H3/t25-,26+/m1/s1. The summed E-state index contributed by atoms with van der Waals surface area (Å²) in [6, 6.07) is 19.5. The van der Waals surface area contributed by atoms with Crippen molar-refractivity contribution in [1.82, 2.24) is 9.80 Å². The fourth-order valence-corrected chi connectivity index (χ4v) is 4.95. The molecule has 4 heteroatoms. The van der Waals surface area contributed by atoms with E-state index in [0.717, 1.165) is 57.9 Å². The zero-order valence-corrected chi connectivity index (χ0v) is 18.3. The van der Waals surface area contributed by atoms with E-state index in [-0.39, 0.29) is 6.04 Å². The summed E-state index contributed by atoms with van der Waals surface area (Å²) in [4.78, 5) is 4.95. The van der Waals surface area contributed by atoms with Crippen LogP contribution in [-0.4, -0.2) is 60.3 Å². The number of piperidine rings is 1. The van der Waals surface area contributed by atoms with E-state index < -0.39 is 5.60 Å². The molecule has 2 aliphatic heterocycles. The normalized spacial score (nSPS) is 26.0. The molecule has 0 amide bonds. The van der Waals surface area contributed by atoms with E-state index in [9.17, 15) is 5.11 Å². The van der Waals surface area contributed by atoms with Crippen LogP contribution in [0.15, 0.2) is 54.6 Å². The predicted molar refractivity (Wildman–Crippen MR) is 121 cm³/mol. The molecule has 162 valence electrons. The smallest absolute Gasteiger partial charge is 0.108 e. The van der Waals surface area contributed by atoms with Crippen LogP contribution in [-0.2, 0) is 23.3 Å². The summed E-state index contributed by atoms with van der Waals surface area (Å²) in [5.74, 6) is 0. The van der Waals surface area contributed by atoms with Crippen LogP contribution in [0.25, 0.3) is 0 Å². The average molecular weight is 409 g/mol. The van der Waals surface area contributed by atoms with Crippen LogP contribution in [0.5, 0.6) is 0 Å². The van der Waals surface area contributed by atoms with Gasteiger partial charge in [-0.05, 0) is 36.0 Å². The van der Waals surface area contributed by atoms with Crippen molar-refractivity contribution in [3.8, 4) is 0 Å². The van der Waals surface area contributed by atoms with E-state index >= 15 is 0 Å². The molecule has 1 N–H and O–H groups in total. The van der Waals surface area contributed by atoms with E-state index in [4.69, 9.17) is 4.74 Å². The number of unbranched alkanes of at least 4 members (excludes halogenated alkanes) is 1. The van der Waals surface area contributed by atoms with Crippen LogP contribution >= 0.6 is 0 Å². The second-order valence-corrected chi connectivity index (χ2v) is 8.86. The number of aryl methyl sites for hydroxylation is 1. The Labute approximate surface area is 181 Å². The molecule has 0 unspecified atom stereocenters. The third-order valence-corrected chi connectivity index (χ3v) is 6.80. The van der Waals surface area contributed by atoms with Crippen LogP contribution < -0.4 is 0 Å². The minimum Gasteiger partial charge on any atom is -0.383 e. The predicted octanol–water partition coefficient (Wildman–Crippen LogP) is 3.82. The average Bonchev–Trinajstić information content (AvgIpc) is 2.81. The van der Waals surface area contributed by atoms with Crippen molar-refractivity contribution in [3.63, 3.8) is 0 Å². The molecule has 30 heavy (non-hydrogen) atoms. The Bertz CT molecular complexity index is 773. The van der Waals surface area contributed by atoms with Gasteiger partial charge < -0.3 is 9.84 Å². The number of morpholine rings is 1. The zero-order valence-electron chi connectivity index (χ0n) is 18.3. The van der Waals surface area contributed by atoms with Gasteiger partial charge in [0, 0.05) is 32.7 Å². The molecule has 4 rings (SSSR count). The topological polar surface area (TPSA) is 35.9 Å². The molecule has 2 heterocycles. The Morgan fingerprint density at radius 2 is 1.67 bits per heavy atom. The maximum Gasteiger partial charge on any atom is 0.108 e. The summed E-state index contributed by atoms with van der Waals surface area (Å²) in [6.45, 7) is 8.25. The molecule has 2 saturated heterocycles. The van der Waals surface area contributed by atoms with Crippen molar-refractivity contribution in [3.05, 3.63) is 71.3 Å². The molecule has 0 aromatic heterocycles. The first-order valence-electron chi connectivity index (χ1n) is 11.6. The minimum absolute atomic E-state index is 0.0846. The Hall–Kier alpha value is -1.72. The first kappa shape index (κ1) is 21.5. The molecule has 2 aromatic carbocycles. The van der Waals surface area contributed by atoms with E-state index in [1.807, 2.05) is 18.2 Å². The van der Waals surface area contributed by atoms with E-state index in [0.29, 0.717) is 0 Å². The van der Waals surface area contributed by atoms with Gasteiger partial charge in [-0.15, -0.1) is 0 Å². The number of likely N-dealkylation sites (tertiary alicyclic amines) is 1. The molecule has 2 fully saturated rings. The van der Waals surface area contributed by atoms with Crippen molar-refractivity contribution < 1.29 is 9.84 Å².